The van der Waals surface area contributed by atoms with E-state index < -0.39 is 0 Å². The molecule has 9 nitrogen and oxygen atoms in total. The molecule has 0 atom stereocenters. The van der Waals surface area contributed by atoms with Crippen LogP contribution in [0.1, 0.15) is 24.0 Å². The fraction of sp³-hybridized carbons (Fsp3) is 0.345. The quantitative estimate of drug-likeness (QED) is 0.162. The van der Waals surface area contributed by atoms with Crippen LogP contribution in [0.25, 0.3) is 22.2 Å². The van der Waals surface area contributed by atoms with Gasteiger partial charge in [-0.3, -0.25) is 4.79 Å². The maximum Gasteiger partial charge on any atom is 0.227 e. The van der Waals surface area contributed by atoms with Gasteiger partial charge in [-0.25, -0.2) is 9.97 Å². The van der Waals surface area contributed by atoms with Crippen LogP contribution in [0.5, 0.6) is 5.75 Å². The molecule has 0 fully saturated rings. The second kappa shape index (κ2) is 11.5. The lowest BCUT2D eigenvalue weighted by Gasteiger charge is -2.23. The molecule has 39 heavy (non-hydrogen) atoms. The Morgan fingerprint density at radius 3 is 2.92 bits per heavy atom. The Bertz CT molecular complexity index is 1520. The number of methoxy groups -OCH3 is 1. The number of carbonyl (C=O) groups is 1. The molecule has 1 aliphatic rings. The zero-order valence-electron chi connectivity index (χ0n) is 22.6. The molecule has 0 saturated carbocycles. The van der Waals surface area contributed by atoms with Crippen LogP contribution in [-0.4, -0.2) is 53.9 Å². The molecule has 0 amide bonds. The molecule has 2 aromatic heterocycles. The Balaban J connectivity index is 1.55. The van der Waals surface area contributed by atoms with Crippen molar-refractivity contribution in [2.75, 3.05) is 50.2 Å². The summed E-state index contributed by atoms with van der Waals surface area (Å²) >= 11 is 3.98. The SMILES string of the molecule is CNCCN(C)c1cc(OC)c(Nc2ncc(CCC(=O)S)c(-c3cn4c5c(cccc35)CCC4)n2)cc1N. The summed E-state index contributed by atoms with van der Waals surface area (Å²) in [6.07, 6.45) is 6.97. The third-order valence-electron chi connectivity index (χ3n) is 7.26. The summed E-state index contributed by atoms with van der Waals surface area (Å²) in [5.41, 5.74) is 14.0. The minimum atomic E-state index is -0.161. The lowest BCUT2D eigenvalue weighted by molar-refractivity contribution is -0.110. The molecule has 204 valence electrons. The number of nitrogens with two attached hydrogens (primary N) is 1. The Labute approximate surface area is 234 Å². The van der Waals surface area contributed by atoms with E-state index in [1.807, 2.05) is 26.2 Å². The van der Waals surface area contributed by atoms with E-state index in [1.165, 1.54) is 11.1 Å². The van der Waals surface area contributed by atoms with Gasteiger partial charge >= 0.3 is 0 Å². The number of hydrogen-bond acceptors (Lipinski definition) is 8. The number of ether oxygens (including phenoxy) is 1. The predicted octanol–water partition coefficient (Wildman–Crippen LogP) is 4.42. The van der Waals surface area contributed by atoms with Gasteiger partial charge in [-0.05, 0) is 43.5 Å². The zero-order chi connectivity index (χ0) is 27.5. The van der Waals surface area contributed by atoms with Crippen molar-refractivity contribution in [2.24, 2.45) is 0 Å². The number of para-hydroxylation sites is 1. The van der Waals surface area contributed by atoms with E-state index in [0.717, 1.165) is 60.4 Å². The Hall–Kier alpha value is -3.76. The van der Waals surface area contributed by atoms with Crippen molar-refractivity contribution in [1.82, 2.24) is 19.9 Å². The molecule has 0 aliphatic carbocycles. The molecule has 0 unspecified atom stereocenters. The summed E-state index contributed by atoms with van der Waals surface area (Å²) < 4.78 is 8.02. The van der Waals surface area contributed by atoms with E-state index in [0.29, 0.717) is 35.9 Å². The molecule has 2 aromatic carbocycles. The molecule has 3 heterocycles. The number of aryl methyl sites for hydroxylation is 3. The fourth-order valence-corrected chi connectivity index (χ4v) is 5.38. The van der Waals surface area contributed by atoms with E-state index >= 15 is 0 Å². The monoisotopic (exact) mass is 545 g/mol. The van der Waals surface area contributed by atoms with Crippen molar-refractivity contribution in [3.63, 3.8) is 0 Å². The third kappa shape index (κ3) is 5.53. The lowest BCUT2D eigenvalue weighted by atomic mass is 9.99. The highest BCUT2D eigenvalue weighted by Gasteiger charge is 2.21. The fourth-order valence-electron chi connectivity index (χ4n) is 5.27. The molecule has 0 spiro atoms. The average molecular weight is 546 g/mol. The second-order valence-electron chi connectivity index (χ2n) is 9.88. The normalized spacial score (nSPS) is 12.5. The predicted molar refractivity (Wildman–Crippen MR) is 161 cm³/mol. The van der Waals surface area contributed by atoms with Crippen LogP contribution in [0, 0.1) is 0 Å². The maximum atomic E-state index is 11.7. The topological polar surface area (TPSA) is 110 Å². The smallest absolute Gasteiger partial charge is 0.227 e. The number of carbonyl (C=O) groups excluding carboxylic acids is 1. The van der Waals surface area contributed by atoms with Gasteiger partial charge in [0.25, 0.3) is 0 Å². The molecule has 4 N–H and O–H groups in total. The first-order chi connectivity index (χ1) is 18.9. The molecule has 4 aromatic rings. The van der Waals surface area contributed by atoms with Crippen LogP contribution in [0.15, 0.2) is 42.7 Å². The second-order valence-corrected chi connectivity index (χ2v) is 10.4. The van der Waals surface area contributed by atoms with Gasteiger partial charge < -0.3 is 30.6 Å². The van der Waals surface area contributed by atoms with Crippen molar-refractivity contribution in [3.05, 3.63) is 53.9 Å². The van der Waals surface area contributed by atoms with Gasteiger partial charge in [0.05, 0.1) is 35.4 Å². The first kappa shape index (κ1) is 26.8. The van der Waals surface area contributed by atoms with E-state index in [9.17, 15) is 4.79 Å². The number of benzene rings is 2. The van der Waals surface area contributed by atoms with Gasteiger partial charge in [0.1, 0.15) is 5.75 Å². The highest BCUT2D eigenvalue weighted by atomic mass is 32.1. The zero-order valence-corrected chi connectivity index (χ0v) is 23.5. The summed E-state index contributed by atoms with van der Waals surface area (Å²) in [5, 5.41) is 7.47. The maximum absolute atomic E-state index is 11.7. The first-order valence-electron chi connectivity index (χ1n) is 13.2. The number of nitrogens with zero attached hydrogens (tertiary/aromatic N) is 4. The number of anilines is 4. The molecular formula is C29H35N7O2S. The molecule has 0 radical (unpaired) electrons. The van der Waals surface area contributed by atoms with Gasteiger partial charge in [0, 0.05) is 62.5 Å². The molecule has 1 aliphatic heterocycles. The molecule has 10 heteroatoms. The van der Waals surface area contributed by atoms with Crippen molar-refractivity contribution in [3.8, 4) is 17.0 Å². The number of nitrogen functional groups attached to an aromatic ring is 1. The number of hydrogen-bond donors (Lipinski definition) is 4. The van der Waals surface area contributed by atoms with Crippen LogP contribution in [0.3, 0.4) is 0 Å². The largest absolute Gasteiger partial charge is 0.494 e. The van der Waals surface area contributed by atoms with E-state index in [1.54, 1.807) is 13.3 Å². The van der Waals surface area contributed by atoms with E-state index in [2.05, 4.69) is 62.1 Å². The Kier molecular flexibility index (Phi) is 7.94. The van der Waals surface area contributed by atoms with Gasteiger partial charge in [-0.1, -0.05) is 18.2 Å². The molecule has 0 saturated heterocycles. The van der Waals surface area contributed by atoms with Crippen molar-refractivity contribution in [2.45, 2.75) is 32.2 Å². The van der Waals surface area contributed by atoms with Crippen LogP contribution in [-0.2, 0) is 24.2 Å². The number of nitrogens with one attached hydrogen (secondary N) is 2. The lowest BCUT2D eigenvalue weighted by Crippen LogP contribution is -2.27. The minimum absolute atomic E-state index is 0.161. The first-order valence-corrected chi connectivity index (χ1v) is 13.6. The van der Waals surface area contributed by atoms with Gasteiger partial charge in [-0.15, -0.1) is 12.6 Å². The minimum Gasteiger partial charge on any atom is -0.494 e. The number of aromatic nitrogens is 3. The number of thiol groups is 1. The summed E-state index contributed by atoms with van der Waals surface area (Å²) in [6.45, 7) is 2.60. The van der Waals surface area contributed by atoms with Crippen LogP contribution in [0.2, 0.25) is 0 Å². The molecular weight excluding hydrogens is 510 g/mol. The highest BCUT2D eigenvalue weighted by molar-refractivity contribution is 7.96. The van der Waals surface area contributed by atoms with Gasteiger partial charge in [0.2, 0.25) is 5.95 Å². The summed E-state index contributed by atoms with van der Waals surface area (Å²) in [7, 11) is 5.55. The van der Waals surface area contributed by atoms with E-state index in [-0.39, 0.29) is 5.12 Å². The molecule has 5 rings (SSSR count). The van der Waals surface area contributed by atoms with Crippen molar-refractivity contribution < 1.29 is 9.53 Å². The molecule has 0 bridgehead atoms. The number of likely N-dealkylation sites (N-methyl/N-ethyl adjacent to an activating group) is 2. The van der Waals surface area contributed by atoms with Crippen LogP contribution >= 0.6 is 12.6 Å². The van der Waals surface area contributed by atoms with Crippen molar-refractivity contribution >= 4 is 51.7 Å². The van der Waals surface area contributed by atoms with Gasteiger partial charge in [-0.2, -0.15) is 0 Å². The van der Waals surface area contributed by atoms with E-state index in [4.69, 9.17) is 15.5 Å². The van der Waals surface area contributed by atoms with Crippen molar-refractivity contribution in [1.29, 1.82) is 0 Å². The summed E-state index contributed by atoms with van der Waals surface area (Å²) in [6, 6.07) is 10.2. The Morgan fingerprint density at radius 2 is 2.15 bits per heavy atom. The summed E-state index contributed by atoms with van der Waals surface area (Å²) in [4.78, 5) is 23.4. The van der Waals surface area contributed by atoms with Gasteiger partial charge in [0.15, 0.2) is 5.12 Å². The average Bonchev–Trinajstić information content (AvgIpc) is 3.31. The van der Waals surface area contributed by atoms with Crippen LogP contribution in [0.4, 0.5) is 23.0 Å². The number of rotatable bonds is 11. The van der Waals surface area contributed by atoms with Crippen LogP contribution < -0.4 is 26.0 Å². The third-order valence-corrected chi connectivity index (χ3v) is 7.48. The Morgan fingerprint density at radius 1 is 1.31 bits per heavy atom. The highest BCUT2D eigenvalue weighted by Crippen LogP contribution is 2.38. The summed E-state index contributed by atoms with van der Waals surface area (Å²) in [5.74, 6) is 1.06. The standard InChI is InChI=1S/C29H35N7O2S/c1-31-11-13-35(2)24-15-25(38-3)23(14-22(24)30)33-29-32-16-19(9-10-26(37)39)27(34-29)21-17-36-12-5-7-18-6-4-8-20(21)28(18)36/h4,6,8,14-17,31H,5,7,9-13,30H2,1-3H3,(H,37,39)(H,32,33,34).